The smallest absolute Gasteiger partial charge is 0.338 e. The number of rotatable bonds is 5. The summed E-state index contributed by atoms with van der Waals surface area (Å²) in [5.41, 5.74) is -0.0606. The zero-order chi connectivity index (χ0) is 14.6. The molecule has 1 aromatic rings. The Morgan fingerprint density at radius 3 is 2.47 bits per heavy atom. The fraction of sp³-hybridized carbons (Fsp3) is 0.300. The maximum atomic E-state index is 11.6. The van der Waals surface area contributed by atoms with Gasteiger partial charge >= 0.3 is 5.97 Å². The van der Waals surface area contributed by atoms with Gasteiger partial charge in [-0.2, -0.15) is 0 Å². The molecule has 0 saturated heterocycles. The zero-order valence-electron chi connectivity index (χ0n) is 9.85. The van der Waals surface area contributed by atoms with E-state index >= 15 is 0 Å². The molecule has 0 saturated carbocycles. The second-order valence-electron chi connectivity index (χ2n) is 3.44. The average Bonchev–Trinajstić information content (AvgIpc) is 2.31. The van der Waals surface area contributed by atoms with Crippen LogP contribution in [0.4, 0.5) is 0 Å². The van der Waals surface area contributed by atoms with Crippen LogP contribution in [0.25, 0.3) is 0 Å². The van der Waals surface area contributed by atoms with E-state index in [0.29, 0.717) is 0 Å². The Kier molecular flexibility index (Phi) is 5.57. The van der Waals surface area contributed by atoms with Crippen molar-refractivity contribution in [2.75, 3.05) is 20.3 Å². The van der Waals surface area contributed by atoms with Gasteiger partial charge in [0.2, 0.25) is 10.0 Å². The van der Waals surface area contributed by atoms with E-state index in [1.807, 2.05) is 0 Å². The van der Waals surface area contributed by atoms with Crippen molar-refractivity contribution >= 4 is 39.2 Å². The average molecular weight is 328 g/mol. The minimum absolute atomic E-state index is 0.0281. The number of primary sulfonamides is 1. The molecule has 0 bridgehead atoms. The van der Waals surface area contributed by atoms with E-state index in [9.17, 15) is 13.2 Å². The number of sulfonamides is 1. The summed E-state index contributed by atoms with van der Waals surface area (Å²) >= 11 is 11.5. The minimum atomic E-state index is -4.09. The van der Waals surface area contributed by atoms with Crippen LogP contribution in [0.5, 0.6) is 0 Å². The minimum Gasteiger partial charge on any atom is -0.460 e. The Morgan fingerprint density at radius 1 is 1.32 bits per heavy atom. The van der Waals surface area contributed by atoms with Crippen LogP contribution in [0.3, 0.4) is 0 Å². The summed E-state index contributed by atoms with van der Waals surface area (Å²) in [5, 5.41) is 4.63. The zero-order valence-corrected chi connectivity index (χ0v) is 12.2. The number of ether oxygens (including phenoxy) is 2. The van der Waals surface area contributed by atoms with Crippen molar-refractivity contribution in [3.8, 4) is 0 Å². The Morgan fingerprint density at radius 2 is 1.95 bits per heavy atom. The molecular formula is C10H11Cl2NO5S. The molecule has 0 aromatic heterocycles. The summed E-state index contributed by atoms with van der Waals surface area (Å²) in [6.07, 6.45) is 0. The van der Waals surface area contributed by atoms with Gasteiger partial charge in [0.1, 0.15) is 11.5 Å². The number of methoxy groups -OCH3 is 1. The number of carbonyl (C=O) groups is 1. The second-order valence-corrected chi connectivity index (χ2v) is 5.76. The van der Waals surface area contributed by atoms with Gasteiger partial charge in [-0.1, -0.05) is 23.2 Å². The first-order chi connectivity index (χ1) is 8.77. The number of esters is 1. The summed E-state index contributed by atoms with van der Waals surface area (Å²) in [7, 11) is -2.64. The Balaban J connectivity index is 3.11. The molecule has 0 aliphatic carbocycles. The molecule has 106 valence electrons. The number of benzene rings is 1. The largest absolute Gasteiger partial charge is 0.460 e. The van der Waals surface area contributed by atoms with Gasteiger partial charge in [-0.3, -0.25) is 0 Å². The van der Waals surface area contributed by atoms with Gasteiger partial charge in [0.15, 0.2) is 0 Å². The SMILES string of the molecule is COCCOC(=O)c1cc(Cl)c(Cl)c(S(N)(=O)=O)c1. The summed E-state index contributed by atoms with van der Waals surface area (Å²) < 4.78 is 32.1. The Hall–Kier alpha value is -0.860. The normalized spacial score (nSPS) is 11.4. The van der Waals surface area contributed by atoms with E-state index in [1.54, 1.807) is 0 Å². The molecule has 9 heteroatoms. The highest BCUT2D eigenvalue weighted by Crippen LogP contribution is 2.30. The maximum Gasteiger partial charge on any atom is 0.338 e. The lowest BCUT2D eigenvalue weighted by Crippen LogP contribution is -2.15. The van der Waals surface area contributed by atoms with Crippen LogP contribution in [-0.4, -0.2) is 34.7 Å². The van der Waals surface area contributed by atoms with Crippen molar-refractivity contribution in [1.29, 1.82) is 0 Å². The summed E-state index contributed by atoms with van der Waals surface area (Å²) in [6, 6.07) is 2.21. The van der Waals surface area contributed by atoms with Crippen molar-refractivity contribution in [2.24, 2.45) is 5.14 Å². The standard InChI is InChI=1S/C10H11Cl2NO5S/c1-17-2-3-18-10(14)6-4-7(11)9(12)8(5-6)19(13,15)16/h4-5H,2-3H2,1H3,(H2,13,15,16). The van der Waals surface area contributed by atoms with E-state index in [0.717, 1.165) is 6.07 Å². The molecule has 0 atom stereocenters. The molecule has 6 nitrogen and oxygen atoms in total. The van der Waals surface area contributed by atoms with E-state index in [-0.39, 0.29) is 28.8 Å². The van der Waals surface area contributed by atoms with E-state index < -0.39 is 20.9 Å². The van der Waals surface area contributed by atoms with E-state index in [2.05, 4.69) is 0 Å². The van der Waals surface area contributed by atoms with E-state index in [4.69, 9.17) is 37.8 Å². The molecule has 0 heterocycles. The van der Waals surface area contributed by atoms with Gasteiger partial charge in [0.05, 0.1) is 22.2 Å². The lowest BCUT2D eigenvalue weighted by atomic mass is 10.2. The first-order valence-electron chi connectivity index (χ1n) is 4.95. The van der Waals surface area contributed by atoms with Crippen LogP contribution < -0.4 is 5.14 Å². The molecule has 0 unspecified atom stereocenters. The fourth-order valence-corrected chi connectivity index (χ4v) is 2.55. The molecule has 1 aromatic carbocycles. The fourth-order valence-electron chi connectivity index (χ4n) is 1.19. The topological polar surface area (TPSA) is 95.7 Å². The van der Waals surface area contributed by atoms with Gasteiger partial charge in [-0.15, -0.1) is 0 Å². The van der Waals surface area contributed by atoms with Crippen LogP contribution in [0.1, 0.15) is 10.4 Å². The van der Waals surface area contributed by atoms with Crippen LogP contribution in [0.2, 0.25) is 10.0 Å². The summed E-state index contributed by atoms with van der Waals surface area (Å²) in [5.74, 6) is -0.750. The van der Waals surface area contributed by atoms with Crippen molar-refractivity contribution in [3.63, 3.8) is 0 Å². The monoisotopic (exact) mass is 327 g/mol. The third-order valence-electron chi connectivity index (χ3n) is 2.06. The van der Waals surface area contributed by atoms with Gasteiger partial charge in [0, 0.05) is 7.11 Å². The molecule has 0 spiro atoms. The molecule has 2 N–H and O–H groups in total. The van der Waals surface area contributed by atoms with E-state index in [1.165, 1.54) is 13.2 Å². The number of hydrogen-bond donors (Lipinski definition) is 1. The number of halogens is 2. The number of carbonyl (C=O) groups excluding carboxylic acids is 1. The highest BCUT2D eigenvalue weighted by Gasteiger charge is 2.20. The van der Waals surface area contributed by atoms with Crippen molar-refractivity contribution < 1.29 is 22.7 Å². The third kappa shape index (κ3) is 4.32. The van der Waals surface area contributed by atoms with Crippen LogP contribution in [0.15, 0.2) is 17.0 Å². The predicted octanol–water partition coefficient (Wildman–Crippen LogP) is 1.44. The molecule has 0 fully saturated rings. The Labute approximate surface area is 120 Å². The van der Waals surface area contributed by atoms with Gasteiger partial charge < -0.3 is 9.47 Å². The molecule has 0 amide bonds. The quantitative estimate of drug-likeness (QED) is 0.652. The van der Waals surface area contributed by atoms with Gasteiger partial charge in [-0.05, 0) is 12.1 Å². The maximum absolute atomic E-state index is 11.6. The molecule has 0 aliphatic rings. The number of nitrogens with two attached hydrogens (primary N) is 1. The van der Waals surface area contributed by atoms with Crippen molar-refractivity contribution in [1.82, 2.24) is 0 Å². The van der Waals surface area contributed by atoms with Crippen LogP contribution in [-0.2, 0) is 19.5 Å². The van der Waals surface area contributed by atoms with Crippen LogP contribution >= 0.6 is 23.2 Å². The lowest BCUT2D eigenvalue weighted by molar-refractivity contribution is 0.0388. The molecule has 0 aliphatic heterocycles. The Bertz CT molecular complexity index is 588. The first-order valence-corrected chi connectivity index (χ1v) is 7.25. The highest BCUT2D eigenvalue weighted by molar-refractivity contribution is 7.89. The third-order valence-corrected chi connectivity index (χ3v) is 3.91. The summed E-state index contributed by atoms with van der Waals surface area (Å²) in [6.45, 7) is 0.245. The van der Waals surface area contributed by atoms with Gasteiger partial charge in [0.25, 0.3) is 0 Å². The number of hydrogen-bond acceptors (Lipinski definition) is 5. The van der Waals surface area contributed by atoms with Crippen molar-refractivity contribution in [3.05, 3.63) is 27.7 Å². The molecular weight excluding hydrogens is 317 g/mol. The highest BCUT2D eigenvalue weighted by atomic mass is 35.5. The van der Waals surface area contributed by atoms with Crippen molar-refractivity contribution in [2.45, 2.75) is 4.90 Å². The lowest BCUT2D eigenvalue weighted by Gasteiger charge is -2.08. The molecule has 0 radical (unpaired) electrons. The summed E-state index contributed by atoms with van der Waals surface area (Å²) in [4.78, 5) is 11.2. The van der Waals surface area contributed by atoms with Gasteiger partial charge in [-0.25, -0.2) is 18.4 Å². The molecule has 19 heavy (non-hydrogen) atoms. The second kappa shape index (κ2) is 6.53. The van der Waals surface area contributed by atoms with Crippen LogP contribution in [0, 0.1) is 0 Å². The first kappa shape index (κ1) is 16.2. The predicted molar refractivity (Wildman–Crippen MR) is 70.0 cm³/mol. The molecule has 1 rings (SSSR count).